The quantitative estimate of drug-likeness (QED) is 0.159. The van der Waals surface area contributed by atoms with E-state index in [1.807, 2.05) is 0 Å². The van der Waals surface area contributed by atoms with E-state index in [2.05, 4.69) is 0 Å². The molecule has 0 saturated carbocycles. The lowest BCUT2D eigenvalue weighted by molar-refractivity contribution is 0.269. The first-order valence-corrected chi connectivity index (χ1v) is 2.30. The molecule has 7 heteroatoms. The summed E-state index contributed by atoms with van der Waals surface area (Å²) in [4.78, 5) is 0. The summed E-state index contributed by atoms with van der Waals surface area (Å²) in [6, 6.07) is 0. The second kappa shape index (κ2) is 3.54. The van der Waals surface area contributed by atoms with Crippen LogP contribution in [0.2, 0.25) is 0 Å². The molecule has 0 heterocycles. The van der Waals surface area contributed by atoms with Gasteiger partial charge in [0.25, 0.3) is 0 Å². The van der Waals surface area contributed by atoms with Crippen LogP contribution in [0.5, 0.6) is 0 Å². The highest BCUT2D eigenvalue weighted by molar-refractivity contribution is 5.75. The Balaban J connectivity index is 4.58. The summed E-state index contributed by atoms with van der Waals surface area (Å²) < 4.78 is 0. The van der Waals surface area contributed by atoms with E-state index in [9.17, 15) is 0 Å². The van der Waals surface area contributed by atoms with Gasteiger partial charge in [0.05, 0.1) is 0 Å². The van der Waals surface area contributed by atoms with Gasteiger partial charge in [-0.15, -0.1) is 10.0 Å². The van der Waals surface area contributed by atoms with Crippen LogP contribution in [-0.4, -0.2) is 16.0 Å². The molecule has 0 unspecified atom stereocenters. The predicted molar refractivity (Wildman–Crippen MR) is 32.4 cm³/mol. The van der Waals surface area contributed by atoms with Crippen molar-refractivity contribution in [2.75, 3.05) is 0 Å². The third-order valence-electron chi connectivity index (χ3n) is 0.712. The van der Waals surface area contributed by atoms with Gasteiger partial charge >= 0.3 is 0 Å². The molecule has 11 heavy (non-hydrogen) atoms. The Labute approximate surface area is 62.5 Å². The number of nitrogens with one attached hydrogen (secondary N) is 1. The number of nitrogens with zero attached hydrogens (tertiary/aromatic N) is 5. The second-order valence-electron chi connectivity index (χ2n) is 1.31. The Morgan fingerprint density at radius 2 is 1.64 bits per heavy atom. The summed E-state index contributed by atoms with van der Waals surface area (Å²) in [5, 5.41) is 32.0. The van der Waals surface area contributed by atoms with Crippen LogP contribution in [0.25, 0.3) is 0 Å². The lowest BCUT2D eigenvalue weighted by Crippen LogP contribution is -2.41. The van der Waals surface area contributed by atoms with E-state index in [0.717, 1.165) is 0 Å². The number of nitrogens with two attached hydrogens (primary N) is 1. The molecule has 0 amide bonds. The standard InChI is InChI=1S/C4H3N7/c5-1-10(2-6)11(3-7)4(8)9/h(H3,8,9). The lowest BCUT2D eigenvalue weighted by Gasteiger charge is -2.14. The molecule has 0 aromatic rings. The molecule has 0 aromatic carbocycles. The van der Waals surface area contributed by atoms with Crippen molar-refractivity contribution >= 4 is 5.96 Å². The third-order valence-corrected chi connectivity index (χ3v) is 0.712. The molecule has 0 aromatic heterocycles. The van der Waals surface area contributed by atoms with Crippen LogP contribution in [-0.2, 0) is 0 Å². The minimum Gasteiger partial charge on any atom is -0.368 e. The van der Waals surface area contributed by atoms with E-state index < -0.39 is 5.96 Å². The van der Waals surface area contributed by atoms with Crippen LogP contribution in [0.15, 0.2) is 0 Å². The molecule has 0 saturated heterocycles. The van der Waals surface area contributed by atoms with Gasteiger partial charge in [-0.2, -0.15) is 15.8 Å². The van der Waals surface area contributed by atoms with Crippen molar-refractivity contribution in [3.05, 3.63) is 0 Å². The summed E-state index contributed by atoms with van der Waals surface area (Å²) >= 11 is 0. The zero-order valence-electron chi connectivity index (χ0n) is 5.31. The number of hydrogen-bond acceptors (Lipinski definition) is 5. The minimum atomic E-state index is -0.685. The lowest BCUT2D eigenvalue weighted by atomic mass is 10.8. The molecule has 0 fully saturated rings. The predicted octanol–water partition coefficient (Wildman–Crippen LogP) is -1.16. The molecule has 0 rings (SSSR count). The number of hydrogen-bond donors (Lipinski definition) is 2. The average Bonchev–Trinajstić information content (AvgIpc) is 1.99. The van der Waals surface area contributed by atoms with Gasteiger partial charge in [0, 0.05) is 0 Å². The Morgan fingerprint density at radius 1 is 1.18 bits per heavy atom. The molecule has 0 bridgehead atoms. The monoisotopic (exact) mass is 149 g/mol. The zero-order valence-corrected chi connectivity index (χ0v) is 5.31. The Kier molecular flexibility index (Phi) is 2.75. The van der Waals surface area contributed by atoms with Gasteiger partial charge in [-0.05, 0) is 0 Å². The van der Waals surface area contributed by atoms with E-state index >= 15 is 0 Å². The van der Waals surface area contributed by atoms with E-state index in [1.54, 1.807) is 0 Å². The van der Waals surface area contributed by atoms with Gasteiger partial charge in [0.15, 0.2) is 0 Å². The fraction of sp³-hybridized carbons (Fsp3) is 0. The first-order valence-electron chi connectivity index (χ1n) is 2.30. The van der Waals surface area contributed by atoms with Crippen LogP contribution in [0.1, 0.15) is 0 Å². The maximum atomic E-state index is 8.24. The molecule has 3 N–H and O–H groups in total. The van der Waals surface area contributed by atoms with Gasteiger partial charge in [-0.1, -0.05) is 0 Å². The summed E-state index contributed by atoms with van der Waals surface area (Å²) in [6.45, 7) is 0. The average molecular weight is 149 g/mol. The summed E-state index contributed by atoms with van der Waals surface area (Å²) in [6.07, 6.45) is 4.05. The van der Waals surface area contributed by atoms with Crippen LogP contribution in [0, 0.1) is 39.8 Å². The van der Waals surface area contributed by atoms with Gasteiger partial charge in [-0.25, -0.2) is 0 Å². The van der Waals surface area contributed by atoms with Crippen molar-refractivity contribution in [1.82, 2.24) is 10.0 Å². The van der Waals surface area contributed by atoms with Crippen LogP contribution >= 0.6 is 0 Å². The molecule has 0 aliphatic heterocycles. The van der Waals surface area contributed by atoms with Crippen LogP contribution in [0.4, 0.5) is 0 Å². The molecule has 0 atom stereocenters. The molecule has 7 nitrogen and oxygen atoms in total. The second-order valence-corrected chi connectivity index (χ2v) is 1.31. The number of guanidine groups is 1. The highest BCUT2D eigenvalue weighted by Crippen LogP contribution is 1.89. The number of nitriles is 3. The number of rotatable bonds is 1. The zero-order chi connectivity index (χ0) is 8.85. The first kappa shape index (κ1) is 8.54. The molecule has 0 aliphatic rings. The van der Waals surface area contributed by atoms with E-state index in [4.69, 9.17) is 26.9 Å². The minimum absolute atomic E-state index is 0.280. The molecule has 0 aliphatic carbocycles. The largest absolute Gasteiger partial charge is 0.368 e. The smallest absolute Gasteiger partial charge is 0.224 e. The number of hydrazine groups is 1. The van der Waals surface area contributed by atoms with Gasteiger partial charge in [0.2, 0.25) is 24.5 Å². The van der Waals surface area contributed by atoms with Crippen molar-refractivity contribution in [2.24, 2.45) is 5.73 Å². The van der Waals surface area contributed by atoms with Crippen molar-refractivity contribution in [3.63, 3.8) is 0 Å². The molecule has 0 spiro atoms. The fourth-order valence-corrected chi connectivity index (χ4v) is 0.318. The van der Waals surface area contributed by atoms with Crippen LogP contribution < -0.4 is 5.73 Å². The normalized spacial score (nSPS) is 6.64. The van der Waals surface area contributed by atoms with Crippen LogP contribution in [0.3, 0.4) is 0 Å². The van der Waals surface area contributed by atoms with Gasteiger partial charge in [-0.3, -0.25) is 5.41 Å². The Hall–Kier alpha value is -2.46. The Morgan fingerprint density at radius 3 is 1.73 bits per heavy atom. The summed E-state index contributed by atoms with van der Waals surface area (Å²) in [7, 11) is 0. The van der Waals surface area contributed by atoms with Crippen molar-refractivity contribution in [2.45, 2.75) is 0 Å². The van der Waals surface area contributed by atoms with Crippen molar-refractivity contribution in [1.29, 1.82) is 21.2 Å². The highest BCUT2D eigenvalue weighted by atomic mass is 15.6. The SMILES string of the molecule is N#CN(C#N)N(C#N)C(=N)N. The van der Waals surface area contributed by atoms with Crippen molar-refractivity contribution in [3.8, 4) is 18.6 Å². The highest BCUT2D eigenvalue weighted by Gasteiger charge is 2.13. The molecule has 0 radical (unpaired) electrons. The maximum absolute atomic E-state index is 8.24. The van der Waals surface area contributed by atoms with Gasteiger partial charge in [0.1, 0.15) is 0 Å². The molecule has 54 valence electrons. The topological polar surface area (TPSA) is 128 Å². The van der Waals surface area contributed by atoms with Gasteiger partial charge < -0.3 is 5.73 Å². The van der Waals surface area contributed by atoms with E-state index in [1.165, 1.54) is 18.6 Å². The van der Waals surface area contributed by atoms with E-state index in [0.29, 0.717) is 5.01 Å². The molecular formula is C4H3N7. The fourth-order valence-electron chi connectivity index (χ4n) is 0.318. The summed E-state index contributed by atoms with van der Waals surface area (Å²) in [5.74, 6) is -0.685. The van der Waals surface area contributed by atoms with Crippen molar-refractivity contribution < 1.29 is 0 Å². The maximum Gasteiger partial charge on any atom is 0.224 e. The molecular weight excluding hydrogens is 146 g/mol. The van der Waals surface area contributed by atoms with E-state index in [-0.39, 0.29) is 5.01 Å². The Bertz CT molecular complexity index is 258. The third kappa shape index (κ3) is 1.74. The first-order chi connectivity index (χ1) is 5.17. The summed E-state index contributed by atoms with van der Waals surface area (Å²) in [5.41, 5.74) is 4.84.